The summed E-state index contributed by atoms with van der Waals surface area (Å²) in [6, 6.07) is 5.78. The van der Waals surface area contributed by atoms with Crippen LogP contribution in [0.2, 0.25) is 5.02 Å². The summed E-state index contributed by atoms with van der Waals surface area (Å²) in [5.41, 5.74) is 1.06. The van der Waals surface area contributed by atoms with E-state index < -0.39 is 0 Å². The topological polar surface area (TPSA) is 21.3 Å². The third-order valence-electron chi connectivity index (χ3n) is 2.51. The van der Waals surface area contributed by atoms with Gasteiger partial charge in [-0.15, -0.1) is 0 Å². The molecule has 1 rings (SSSR count). The van der Waals surface area contributed by atoms with E-state index in [4.69, 9.17) is 16.3 Å². The van der Waals surface area contributed by atoms with E-state index in [1.165, 1.54) is 25.7 Å². The average molecular weight is 242 g/mol. The molecule has 0 spiro atoms. The van der Waals surface area contributed by atoms with Gasteiger partial charge in [0.1, 0.15) is 5.75 Å². The molecule has 16 heavy (non-hydrogen) atoms. The standard InChI is InChI=1S/C13H20ClNO/c1-3-4-5-6-9-15-11-7-8-13(16-2)12(14)10-11/h7-8,10,15H,3-6,9H2,1-2H3. The van der Waals surface area contributed by atoms with Crippen LogP contribution < -0.4 is 10.1 Å². The summed E-state index contributed by atoms with van der Waals surface area (Å²) in [7, 11) is 1.62. The highest BCUT2D eigenvalue weighted by Gasteiger charge is 2.00. The fourth-order valence-electron chi connectivity index (χ4n) is 1.56. The molecule has 0 radical (unpaired) electrons. The highest BCUT2D eigenvalue weighted by atomic mass is 35.5. The Morgan fingerprint density at radius 1 is 1.25 bits per heavy atom. The summed E-state index contributed by atoms with van der Waals surface area (Å²) >= 11 is 6.03. The number of ether oxygens (including phenoxy) is 1. The minimum atomic E-state index is 0.654. The molecule has 90 valence electrons. The first-order chi connectivity index (χ1) is 7.77. The van der Waals surface area contributed by atoms with Crippen LogP contribution >= 0.6 is 11.6 Å². The van der Waals surface area contributed by atoms with Crippen molar-refractivity contribution in [3.63, 3.8) is 0 Å². The molecule has 3 heteroatoms. The number of hydrogen-bond donors (Lipinski definition) is 1. The largest absolute Gasteiger partial charge is 0.495 e. The summed E-state index contributed by atoms with van der Waals surface area (Å²) in [4.78, 5) is 0. The minimum Gasteiger partial charge on any atom is -0.495 e. The minimum absolute atomic E-state index is 0.654. The number of unbranched alkanes of at least 4 members (excludes halogenated alkanes) is 3. The predicted octanol–water partition coefficient (Wildman–Crippen LogP) is 4.34. The zero-order valence-electron chi connectivity index (χ0n) is 10.1. The number of hydrogen-bond acceptors (Lipinski definition) is 2. The molecule has 0 bridgehead atoms. The van der Waals surface area contributed by atoms with E-state index >= 15 is 0 Å². The molecule has 1 N–H and O–H groups in total. The van der Waals surface area contributed by atoms with Crippen LogP contribution in [0.5, 0.6) is 5.75 Å². The molecule has 0 aromatic heterocycles. The van der Waals surface area contributed by atoms with Crippen molar-refractivity contribution in [2.24, 2.45) is 0 Å². The van der Waals surface area contributed by atoms with Crippen LogP contribution in [0.15, 0.2) is 18.2 Å². The molecular formula is C13H20ClNO. The predicted molar refractivity (Wildman–Crippen MR) is 70.6 cm³/mol. The number of nitrogens with one attached hydrogen (secondary N) is 1. The molecule has 0 aliphatic heterocycles. The second kappa shape index (κ2) is 7.39. The number of anilines is 1. The van der Waals surface area contributed by atoms with E-state index in [1.807, 2.05) is 18.2 Å². The quantitative estimate of drug-likeness (QED) is 0.717. The molecule has 0 aliphatic carbocycles. The van der Waals surface area contributed by atoms with Crippen molar-refractivity contribution >= 4 is 17.3 Å². The van der Waals surface area contributed by atoms with E-state index in [9.17, 15) is 0 Å². The van der Waals surface area contributed by atoms with Crippen LogP contribution in [0.25, 0.3) is 0 Å². The molecule has 0 saturated heterocycles. The Morgan fingerprint density at radius 3 is 2.69 bits per heavy atom. The lowest BCUT2D eigenvalue weighted by molar-refractivity contribution is 0.415. The van der Waals surface area contributed by atoms with Crippen molar-refractivity contribution in [3.05, 3.63) is 23.2 Å². The Morgan fingerprint density at radius 2 is 2.06 bits per heavy atom. The van der Waals surface area contributed by atoms with Gasteiger partial charge in [-0.25, -0.2) is 0 Å². The molecule has 0 fully saturated rings. The zero-order chi connectivity index (χ0) is 11.8. The summed E-state index contributed by atoms with van der Waals surface area (Å²) in [5, 5.41) is 4.01. The van der Waals surface area contributed by atoms with Gasteiger partial charge in [0.2, 0.25) is 0 Å². The third-order valence-corrected chi connectivity index (χ3v) is 2.81. The van der Waals surface area contributed by atoms with E-state index in [-0.39, 0.29) is 0 Å². The lowest BCUT2D eigenvalue weighted by atomic mass is 10.2. The van der Waals surface area contributed by atoms with Crippen molar-refractivity contribution < 1.29 is 4.74 Å². The molecule has 0 aliphatic rings. The Hall–Kier alpha value is -0.890. The first-order valence-electron chi connectivity index (χ1n) is 5.85. The molecule has 0 saturated carbocycles. The highest BCUT2D eigenvalue weighted by molar-refractivity contribution is 6.32. The second-order valence-corrected chi connectivity index (χ2v) is 4.24. The van der Waals surface area contributed by atoms with Gasteiger partial charge in [0, 0.05) is 12.2 Å². The van der Waals surface area contributed by atoms with Crippen LogP contribution in [-0.2, 0) is 0 Å². The van der Waals surface area contributed by atoms with Gasteiger partial charge >= 0.3 is 0 Å². The van der Waals surface area contributed by atoms with Crippen LogP contribution in [0.3, 0.4) is 0 Å². The average Bonchev–Trinajstić information content (AvgIpc) is 2.29. The number of benzene rings is 1. The molecule has 0 unspecified atom stereocenters. The molecule has 2 nitrogen and oxygen atoms in total. The fourth-order valence-corrected chi connectivity index (χ4v) is 1.82. The lowest BCUT2D eigenvalue weighted by Gasteiger charge is -2.08. The van der Waals surface area contributed by atoms with Crippen LogP contribution in [0.4, 0.5) is 5.69 Å². The normalized spacial score (nSPS) is 10.2. The number of rotatable bonds is 7. The first-order valence-corrected chi connectivity index (χ1v) is 6.23. The molecule has 0 heterocycles. The SMILES string of the molecule is CCCCCCNc1ccc(OC)c(Cl)c1. The summed E-state index contributed by atoms with van der Waals surface area (Å²) < 4.78 is 5.10. The maximum atomic E-state index is 6.03. The van der Waals surface area contributed by atoms with Crippen molar-refractivity contribution in [2.45, 2.75) is 32.6 Å². The maximum Gasteiger partial charge on any atom is 0.137 e. The molecular weight excluding hydrogens is 222 g/mol. The van der Waals surface area contributed by atoms with Gasteiger partial charge in [-0.1, -0.05) is 37.8 Å². The van der Waals surface area contributed by atoms with Gasteiger partial charge in [0.15, 0.2) is 0 Å². The molecule has 1 aromatic carbocycles. The Bertz CT molecular complexity index is 315. The highest BCUT2D eigenvalue weighted by Crippen LogP contribution is 2.27. The molecule has 0 amide bonds. The van der Waals surface area contributed by atoms with Gasteiger partial charge in [0.05, 0.1) is 12.1 Å². The van der Waals surface area contributed by atoms with Crippen LogP contribution in [0.1, 0.15) is 32.6 Å². The summed E-state index contributed by atoms with van der Waals surface area (Å²) in [6.07, 6.45) is 5.07. The first kappa shape index (κ1) is 13.2. The van der Waals surface area contributed by atoms with Gasteiger partial charge in [-0.05, 0) is 24.6 Å². The van der Waals surface area contributed by atoms with Gasteiger partial charge in [-0.2, -0.15) is 0 Å². The number of halogens is 1. The van der Waals surface area contributed by atoms with E-state index in [0.29, 0.717) is 5.02 Å². The van der Waals surface area contributed by atoms with Gasteiger partial charge < -0.3 is 10.1 Å². The lowest BCUT2D eigenvalue weighted by Crippen LogP contribution is -2.01. The molecule has 0 atom stereocenters. The number of methoxy groups -OCH3 is 1. The van der Waals surface area contributed by atoms with Crippen molar-refractivity contribution in [2.75, 3.05) is 19.0 Å². The van der Waals surface area contributed by atoms with Crippen molar-refractivity contribution in [1.82, 2.24) is 0 Å². The fraction of sp³-hybridized carbons (Fsp3) is 0.538. The van der Waals surface area contributed by atoms with Gasteiger partial charge in [0.25, 0.3) is 0 Å². The van der Waals surface area contributed by atoms with E-state index in [2.05, 4.69) is 12.2 Å². The smallest absolute Gasteiger partial charge is 0.137 e. The Labute approximate surface area is 103 Å². The summed E-state index contributed by atoms with van der Waals surface area (Å²) in [6.45, 7) is 3.22. The zero-order valence-corrected chi connectivity index (χ0v) is 10.8. The van der Waals surface area contributed by atoms with E-state index in [0.717, 1.165) is 18.0 Å². The third kappa shape index (κ3) is 4.31. The monoisotopic (exact) mass is 241 g/mol. The van der Waals surface area contributed by atoms with Crippen LogP contribution in [-0.4, -0.2) is 13.7 Å². The van der Waals surface area contributed by atoms with Gasteiger partial charge in [-0.3, -0.25) is 0 Å². The Kier molecular flexibility index (Phi) is 6.09. The maximum absolute atomic E-state index is 6.03. The second-order valence-electron chi connectivity index (χ2n) is 3.84. The summed E-state index contributed by atoms with van der Waals surface area (Å²) in [5.74, 6) is 0.721. The molecule has 1 aromatic rings. The van der Waals surface area contributed by atoms with Crippen molar-refractivity contribution in [1.29, 1.82) is 0 Å². The Balaban J connectivity index is 2.34. The van der Waals surface area contributed by atoms with E-state index in [1.54, 1.807) is 7.11 Å². The van der Waals surface area contributed by atoms with Crippen molar-refractivity contribution in [3.8, 4) is 5.75 Å². The van der Waals surface area contributed by atoms with Crippen LogP contribution in [0, 0.1) is 0 Å².